The minimum atomic E-state index is -2.82. The number of hydrogen-bond donors (Lipinski definition) is 12. The molecule has 15 atom stereocenters. The first-order valence-electron chi connectivity index (χ1n) is 10.5. The highest BCUT2D eigenvalue weighted by molar-refractivity contribution is 5.12. The largest absolute Gasteiger partial charge is 0.394 e. The zero-order chi connectivity index (χ0) is 25.5. The van der Waals surface area contributed by atoms with E-state index in [0.717, 1.165) is 0 Å². The van der Waals surface area contributed by atoms with Crippen LogP contribution >= 0.6 is 0 Å². The smallest absolute Gasteiger partial charge is 0.189 e. The van der Waals surface area contributed by atoms with Gasteiger partial charge in [-0.25, -0.2) is 0 Å². The Morgan fingerprint density at radius 2 is 1.06 bits per heavy atom. The summed E-state index contributed by atoms with van der Waals surface area (Å²) in [6, 6.07) is 0. The van der Waals surface area contributed by atoms with E-state index in [1.165, 1.54) is 0 Å². The highest BCUT2D eigenvalue weighted by Crippen LogP contribution is 2.40. The Morgan fingerprint density at radius 3 is 1.59 bits per heavy atom. The zero-order valence-electron chi connectivity index (χ0n) is 17.7. The van der Waals surface area contributed by atoms with Crippen LogP contribution in [0.1, 0.15) is 0 Å². The van der Waals surface area contributed by atoms with Crippen LogP contribution in [0.5, 0.6) is 0 Å². The lowest BCUT2D eigenvalue weighted by Crippen LogP contribution is -2.77. The van der Waals surface area contributed by atoms with E-state index in [1.54, 1.807) is 0 Å². The van der Waals surface area contributed by atoms with Crippen LogP contribution < -0.4 is 0 Å². The van der Waals surface area contributed by atoms with Gasteiger partial charge < -0.3 is 80.2 Å². The summed E-state index contributed by atoms with van der Waals surface area (Å²) in [6.07, 6.45) is -26.2. The summed E-state index contributed by atoms with van der Waals surface area (Å²) in [6.45, 7) is -2.70. The molecule has 0 aliphatic carbocycles. The molecule has 0 aromatic rings. The van der Waals surface area contributed by atoms with Crippen LogP contribution in [0.25, 0.3) is 0 Å². The molecule has 0 aromatic heterocycles. The maximum absolute atomic E-state index is 11.2. The summed E-state index contributed by atoms with van der Waals surface area (Å²) in [5.41, 5.74) is -2.82. The molecule has 0 saturated carbocycles. The van der Waals surface area contributed by atoms with Crippen molar-refractivity contribution in [2.24, 2.45) is 0 Å². The third kappa shape index (κ3) is 4.59. The van der Waals surface area contributed by atoms with E-state index < -0.39 is 111 Å². The average Bonchev–Trinajstić information content (AvgIpc) is 2.83. The molecule has 0 bridgehead atoms. The maximum Gasteiger partial charge on any atom is 0.189 e. The summed E-state index contributed by atoms with van der Waals surface area (Å²) < 4.78 is 21.0. The van der Waals surface area contributed by atoms with Crippen LogP contribution in [0, 0.1) is 0 Å². The van der Waals surface area contributed by atoms with Crippen molar-refractivity contribution in [3.63, 3.8) is 0 Å². The highest BCUT2D eigenvalue weighted by atomic mass is 16.8. The van der Waals surface area contributed by atoms with Gasteiger partial charge in [0.1, 0.15) is 73.2 Å². The maximum atomic E-state index is 11.2. The third-order valence-electron chi connectivity index (χ3n) is 6.52. The number of ether oxygens (including phenoxy) is 4. The van der Waals surface area contributed by atoms with Gasteiger partial charge in [0, 0.05) is 0 Å². The monoisotopic (exact) mass is 504 g/mol. The van der Waals surface area contributed by atoms with E-state index in [-0.39, 0.29) is 0 Å². The van der Waals surface area contributed by atoms with Gasteiger partial charge in [-0.1, -0.05) is 0 Å². The summed E-state index contributed by atoms with van der Waals surface area (Å²) in [4.78, 5) is 0. The average molecular weight is 504 g/mol. The van der Waals surface area contributed by atoms with Crippen LogP contribution in [-0.4, -0.2) is 173 Å². The molecule has 3 saturated heterocycles. The van der Waals surface area contributed by atoms with Crippen LogP contribution in [0.3, 0.4) is 0 Å². The molecule has 0 spiro atoms. The van der Waals surface area contributed by atoms with Gasteiger partial charge in [0.25, 0.3) is 0 Å². The van der Waals surface area contributed by atoms with Gasteiger partial charge >= 0.3 is 0 Å². The summed E-state index contributed by atoms with van der Waals surface area (Å²) in [7, 11) is 0. The molecule has 16 heteroatoms. The highest BCUT2D eigenvalue weighted by Gasteiger charge is 2.64. The minimum absolute atomic E-state index is 0.780. The molecule has 34 heavy (non-hydrogen) atoms. The predicted molar refractivity (Wildman–Crippen MR) is 101 cm³/mol. The quantitative estimate of drug-likeness (QED) is 0.160. The molecule has 0 unspecified atom stereocenters. The van der Waals surface area contributed by atoms with Gasteiger partial charge in [-0.05, 0) is 0 Å². The number of rotatable bonds is 6. The molecular formula is C18H32O16. The molecule has 16 nitrogen and oxygen atoms in total. The second-order valence-electron chi connectivity index (χ2n) is 8.58. The lowest BCUT2D eigenvalue weighted by atomic mass is 9.75. The second kappa shape index (κ2) is 10.8. The Morgan fingerprint density at radius 1 is 0.559 bits per heavy atom. The van der Waals surface area contributed by atoms with E-state index in [2.05, 4.69) is 0 Å². The molecule has 0 radical (unpaired) electrons. The lowest BCUT2D eigenvalue weighted by Gasteiger charge is -2.54. The van der Waals surface area contributed by atoms with Gasteiger partial charge in [-0.2, -0.15) is 0 Å². The van der Waals surface area contributed by atoms with Crippen molar-refractivity contribution in [2.45, 2.75) is 91.4 Å². The van der Waals surface area contributed by atoms with E-state index in [9.17, 15) is 61.3 Å². The van der Waals surface area contributed by atoms with E-state index in [1.807, 2.05) is 0 Å². The molecule has 3 fully saturated rings. The SMILES string of the molecule is OC[C@H]1O[C@H]([C@]2(O)[C@H](O)[C@@H](O)[C@@H](O[C@H]3O[C@H](CO)[C@@H](O)[C@H](O)[C@H]3O)O[C@@H]2CO)[C@H](O)[C@@H](O)[C@@H]1O. The molecule has 3 heterocycles. The molecule has 12 N–H and O–H groups in total. The van der Waals surface area contributed by atoms with Crippen molar-refractivity contribution in [1.29, 1.82) is 0 Å². The summed E-state index contributed by atoms with van der Waals surface area (Å²) in [5, 5.41) is 121. The van der Waals surface area contributed by atoms with Crippen molar-refractivity contribution in [1.82, 2.24) is 0 Å². The first-order valence-corrected chi connectivity index (χ1v) is 10.5. The predicted octanol–water partition coefficient (Wildman–Crippen LogP) is -8.18. The summed E-state index contributed by atoms with van der Waals surface area (Å²) in [5.74, 6) is 0. The molecule has 0 aromatic carbocycles. The molecule has 200 valence electrons. The zero-order valence-corrected chi connectivity index (χ0v) is 17.7. The fourth-order valence-corrected chi connectivity index (χ4v) is 4.41. The molecular weight excluding hydrogens is 472 g/mol. The van der Waals surface area contributed by atoms with Crippen LogP contribution in [-0.2, 0) is 18.9 Å². The third-order valence-corrected chi connectivity index (χ3v) is 6.52. The Balaban J connectivity index is 1.83. The van der Waals surface area contributed by atoms with Crippen LogP contribution in [0.15, 0.2) is 0 Å². The van der Waals surface area contributed by atoms with Crippen molar-refractivity contribution < 1.29 is 80.2 Å². The normalized spacial score (nSPS) is 54.7. The minimum Gasteiger partial charge on any atom is -0.394 e. The van der Waals surface area contributed by atoms with Gasteiger partial charge in [-0.3, -0.25) is 0 Å². The summed E-state index contributed by atoms with van der Waals surface area (Å²) >= 11 is 0. The van der Waals surface area contributed by atoms with Gasteiger partial charge in [-0.15, -0.1) is 0 Å². The van der Waals surface area contributed by atoms with Gasteiger partial charge in [0.15, 0.2) is 18.2 Å². The Kier molecular flexibility index (Phi) is 8.85. The first-order chi connectivity index (χ1) is 15.9. The fraction of sp³-hybridized carbons (Fsp3) is 1.00. The topological polar surface area (TPSA) is 280 Å². The second-order valence-corrected chi connectivity index (χ2v) is 8.58. The molecule has 3 aliphatic rings. The Hall–Kier alpha value is -0.640. The van der Waals surface area contributed by atoms with E-state index in [0.29, 0.717) is 0 Å². The van der Waals surface area contributed by atoms with E-state index in [4.69, 9.17) is 18.9 Å². The lowest BCUT2D eigenvalue weighted by molar-refractivity contribution is -0.405. The Labute approximate surface area is 192 Å². The van der Waals surface area contributed by atoms with Crippen molar-refractivity contribution in [3.05, 3.63) is 0 Å². The van der Waals surface area contributed by atoms with E-state index >= 15 is 0 Å². The number of hydrogen-bond acceptors (Lipinski definition) is 16. The standard InChI is InChI=1S/C18H32O16/c19-1-4-7(22)9(24)11(26)15(31-4)18(30)6(3-21)33-17(13(28)14(18)29)34-16-12(27)10(25)8(23)5(2-20)32-16/h4-17,19-30H,1-3H2/t4-,5-,6-,7-,8-,9+,10+,11-,12-,13-,14-,15+,16-,17-,18-/m1/s1. The van der Waals surface area contributed by atoms with Crippen molar-refractivity contribution in [3.8, 4) is 0 Å². The molecule has 3 rings (SSSR count). The molecule has 3 aliphatic heterocycles. The van der Waals surface area contributed by atoms with Crippen molar-refractivity contribution >= 4 is 0 Å². The van der Waals surface area contributed by atoms with Crippen LogP contribution in [0.4, 0.5) is 0 Å². The van der Waals surface area contributed by atoms with Crippen molar-refractivity contribution in [2.75, 3.05) is 19.8 Å². The number of aliphatic hydroxyl groups is 12. The fourth-order valence-electron chi connectivity index (χ4n) is 4.41. The first kappa shape index (κ1) is 27.9. The van der Waals surface area contributed by atoms with Crippen LogP contribution in [0.2, 0.25) is 0 Å². The Bertz CT molecular complexity index is 662. The number of aliphatic hydroxyl groups excluding tert-OH is 11. The molecule has 0 amide bonds. The van der Waals surface area contributed by atoms with Gasteiger partial charge in [0.05, 0.1) is 19.8 Å². The van der Waals surface area contributed by atoms with Gasteiger partial charge in [0.2, 0.25) is 0 Å².